The third kappa shape index (κ3) is 2.80. The molecule has 0 atom stereocenters. The van der Waals surface area contributed by atoms with Gasteiger partial charge in [-0.25, -0.2) is 0 Å². The number of nitriles is 1. The molecule has 14 heavy (non-hydrogen) atoms. The van der Waals surface area contributed by atoms with Crippen molar-refractivity contribution in [2.45, 2.75) is 6.92 Å². The highest BCUT2D eigenvalue weighted by Gasteiger charge is 2.02. The second-order valence-electron chi connectivity index (χ2n) is 2.47. The molecule has 0 amide bonds. The number of benzene rings is 1. The molecule has 1 aromatic carbocycles. The van der Waals surface area contributed by atoms with Crippen LogP contribution in [0.3, 0.4) is 0 Å². The van der Waals surface area contributed by atoms with Gasteiger partial charge in [-0.15, -0.1) is 5.92 Å². The number of rotatable bonds is 2. The summed E-state index contributed by atoms with van der Waals surface area (Å²) in [5, 5.41) is 8.81. The van der Waals surface area contributed by atoms with Gasteiger partial charge >= 0.3 is 0 Å². The van der Waals surface area contributed by atoms with Crippen LogP contribution in [0.2, 0.25) is 0 Å². The van der Waals surface area contributed by atoms with Gasteiger partial charge in [0.2, 0.25) is 0 Å². The standard InChI is InChI=1S/C11H8BrNO/c1-2-3-6-14-11-5-4-10(12)7-9(11)8-13/h4-5,7H,6H2,1H3. The third-order valence-electron chi connectivity index (χ3n) is 1.54. The minimum atomic E-state index is 0.312. The van der Waals surface area contributed by atoms with E-state index >= 15 is 0 Å². The number of hydrogen-bond donors (Lipinski definition) is 0. The Labute approximate surface area is 91.6 Å². The number of ether oxygens (including phenoxy) is 1. The van der Waals surface area contributed by atoms with Gasteiger partial charge in [-0.2, -0.15) is 5.26 Å². The van der Waals surface area contributed by atoms with Crippen molar-refractivity contribution in [3.05, 3.63) is 28.2 Å². The lowest BCUT2D eigenvalue weighted by Gasteiger charge is -2.03. The lowest BCUT2D eigenvalue weighted by Crippen LogP contribution is -1.95. The molecule has 0 heterocycles. The van der Waals surface area contributed by atoms with Crippen LogP contribution in [0.15, 0.2) is 22.7 Å². The Morgan fingerprint density at radius 1 is 1.50 bits per heavy atom. The third-order valence-corrected chi connectivity index (χ3v) is 2.03. The summed E-state index contributed by atoms with van der Waals surface area (Å²) in [6.45, 7) is 2.06. The molecule has 2 nitrogen and oxygen atoms in total. The van der Waals surface area contributed by atoms with Crippen molar-refractivity contribution in [1.82, 2.24) is 0 Å². The zero-order chi connectivity index (χ0) is 10.4. The van der Waals surface area contributed by atoms with E-state index in [-0.39, 0.29) is 0 Å². The Hall–Kier alpha value is -1.45. The molecule has 0 aliphatic rings. The fourth-order valence-electron chi connectivity index (χ4n) is 0.901. The van der Waals surface area contributed by atoms with Gasteiger partial charge in [0, 0.05) is 4.47 Å². The summed E-state index contributed by atoms with van der Waals surface area (Å²) in [4.78, 5) is 0. The van der Waals surface area contributed by atoms with E-state index in [0.717, 1.165) is 4.47 Å². The Kier molecular flexibility index (Phi) is 4.04. The molecule has 0 bridgehead atoms. The first kappa shape index (κ1) is 10.6. The van der Waals surface area contributed by atoms with Crippen molar-refractivity contribution in [3.63, 3.8) is 0 Å². The van der Waals surface area contributed by atoms with Crippen molar-refractivity contribution in [1.29, 1.82) is 5.26 Å². The van der Waals surface area contributed by atoms with Crippen LogP contribution in [0.5, 0.6) is 5.75 Å². The van der Waals surface area contributed by atoms with Crippen LogP contribution < -0.4 is 4.74 Å². The summed E-state index contributed by atoms with van der Waals surface area (Å²) in [6, 6.07) is 7.36. The average molecular weight is 250 g/mol. The largest absolute Gasteiger partial charge is 0.480 e. The number of halogens is 1. The lowest BCUT2D eigenvalue weighted by atomic mass is 10.2. The van der Waals surface area contributed by atoms with Gasteiger partial charge < -0.3 is 4.74 Å². The minimum absolute atomic E-state index is 0.312. The summed E-state index contributed by atoms with van der Waals surface area (Å²) < 4.78 is 6.17. The topological polar surface area (TPSA) is 33.0 Å². The summed E-state index contributed by atoms with van der Waals surface area (Å²) in [5.74, 6) is 6.06. The first-order valence-electron chi connectivity index (χ1n) is 4.00. The van der Waals surface area contributed by atoms with Gasteiger partial charge in [-0.3, -0.25) is 0 Å². The molecule has 0 unspecified atom stereocenters. The second-order valence-corrected chi connectivity index (χ2v) is 3.38. The Balaban J connectivity index is 2.85. The number of hydrogen-bond acceptors (Lipinski definition) is 2. The predicted octanol–water partition coefficient (Wildman–Crippen LogP) is 2.72. The molecule has 0 aliphatic carbocycles. The van der Waals surface area contributed by atoms with Crippen molar-refractivity contribution in [2.75, 3.05) is 6.61 Å². The zero-order valence-corrected chi connectivity index (χ0v) is 9.26. The molecule has 0 radical (unpaired) electrons. The van der Waals surface area contributed by atoms with Gasteiger partial charge in [0.15, 0.2) is 0 Å². The van der Waals surface area contributed by atoms with E-state index in [4.69, 9.17) is 10.00 Å². The fraction of sp³-hybridized carbons (Fsp3) is 0.182. The van der Waals surface area contributed by atoms with Crippen molar-refractivity contribution in [2.24, 2.45) is 0 Å². The van der Waals surface area contributed by atoms with E-state index in [1.165, 1.54) is 0 Å². The Morgan fingerprint density at radius 3 is 2.93 bits per heavy atom. The molecule has 3 heteroatoms. The molecular formula is C11H8BrNO. The maximum absolute atomic E-state index is 8.81. The summed E-state index contributed by atoms with van der Waals surface area (Å²) >= 11 is 3.28. The summed E-state index contributed by atoms with van der Waals surface area (Å²) in [7, 11) is 0. The van der Waals surface area contributed by atoms with Crippen LogP contribution in [0.1, 0.15) is 12.5 Å². The van der Waals surface area contributed by atoms with E-state index < -0.39 is 0 Å². The zero-order valence-electron chi connectivity index (χ0n) is 7.67. The SMILES string of the molecule is CC#CCOc1ccc(Br)cc1C#N. The first-order valence-corrected chi connectivity index (χ1v) is 4.79. The van der Waals surface area contributed by atoms with Crippen molar-refractivity contribution in [3.8, 4) is 23.7 Å². The van der Waals surface area contributed by atoms with Crippen LogP contribution >= 0.6 is 15.9 Å². The molecule has 0 N–H and O–H groups in total. The summed E-state index contributed by atoms with van der Waals surface area (Å²) in [6.07, 6.45) is 0. The van der Waals surface area contributed by atoms with E-state index in [0.29, 0.717) is 17.9 Å². The Morgan fingerprint density at radius 2 is 2.29 bits per heavy atom. The van der Waals surface area contributed by atoms with Gasteiger partial charge in [-0.05, 0) is 25.1 Å². The lowest BCUT2D eigenvalue weighted by molar-refractivity contribution is 0.369. The van der Waals surface area contributed by atoms with Crippen LogP contribution in [0, 0.1) is 23.2 Å². The van der Waals surface area contributed by atoms with Crippen molar-refractivity contribution >= 4 is 15.9 Å². The van der Waals surface area contributed by atoms with Gasteiger partial charge in [0.05, 0.1) is 5.56 Å². The van der Waals surface area contributed by atoms with Crippen molar-refractivity contribution < 1.29 is 4.74 Å². The van der Waals surface area contributed by atoms with E-state index in [1.54, 1.807) is 19.1 Å². The molecule has 0 aromatic heterocycles. The molecule has 0 saturated heterocycles. The summed E-state index contributed by atoms with van der Waals surface area (Å²) in [5.41, 5.74) is 0.511. The predicted molar refractivity (Wildman–Crippen MR) is 57.8 cm³/mol. The van der Waals surface area contributed by atoms with Gasteiger partial charge in [0.25, 0.3) is 0 Å². The highest BCUT2D eigenvalue weighted by Crippen LogP contribution is 2.22. The molecule has 0 saturated carbocycles. The highest BCUT2D eigenvalue weighted by atomic mass is 79.9. The molecule has 70 valence electrons. The maximum Gasteiger partial charge on any atom is 0.149 e. The monoisotopic (exact) mass is 249 g/mol. The first-order chi connectivity index (χ1) is 6.77. The van der Waals surface area contributed by atoms with Crippen LogP contribution in [0.4, 0.5) is 0 Å². The molecule has 0 spiro atoms. The number of nitrogens with zero attached hydrogens (tertiary/aromatic N) is 1. The quantitative estimate of drug-likeness (QED) is 0.756. The second kappa shape index (κ2) is 5.32. The van der Waals surface area contributed by atoms with E-state index in [9.17, 15) is 0 Å². The van der Waals surface area contributed by atoms with E-state index in [1.807, 2.05) is 6.07 Å². The van der Waals surface area contributed by atoms with Gasteiger partial charge in [-0.1, -0.05) is 21.9 Å². The molecule has 0 aliphatic heterocycles. The normalized spacial score (nSPS) is 8.36. The molecular weight excluding hydrogens is 242 g/mol. The maximum atomic E-state index is 8.81. The van der Waals surface area contributed by atoms with Crippen LogP contribution in [-0.2, 0) is 0 Å². The Bertz CT molecular complexity index is 423. The minimum Gasteiger partial charge on any atom is -0.480 e. The van der Waals surface area contributed by atoms with Gasteiger partial charge in [0.1, 0.15) is 18.4 Å². The fourth-order valence-corrected chi connectivity index (χ4v) is 1.26. The smallest absolute Gasteiger partial charge is 0.149 e. The highest BCUT2D eigenvalue weighted by molar-refractivity contribution is 9.10. The molecule has 1 rings (SSSR count). The molecule has 0 fully saturated rings. The molecule has 1 aromatic rings. The van der Waals surface area contributed by atoms with Crippen LogP contribution in [0.25, 0.3) is 0 Å². The van der Waals surface area contributed by atoms with Crippen LogP contribution in [-0.4, -0.2) is 6.61 Å². The average Bonchev–Trinajstić information content (AvgIpc) is 2.20. The van der Waals surface area contributed by atoms with E-state index in [2.05, 4.69) is 33.8 Å².